The number of rotatable bonds is 21. The average Bonchev–Trinajstić information content (AvgIpc) is 0.828. The van der Waals surface area contributed by atoms with Gasteiger partial charge in [0.15, 0.2) is 0 Å². The Morgan fingerprint density at radius 2 is 0.675 bits per heavy atom. The molecule has 12 heterocycles. The number of fused-ring (bicyclic) bond motifs is 6. The first-order chi connectivity index (χ1) is 61.4. The number of piperazine rings is 3. The van der Waals surface area contributed by atoms with Gasteiger partial charge in [-0.2, -0.15) is 29.9 Å². The second-order valence-corrected chi connectivity index (χ2v) is 34.6. The maximum absolute atomic E-state index is 12.5. The van der Waals surface area contributed by atoms with Crippen molar-refractivity contribution in [1.82, 2.24) is 59.3 Å². The van der Waals surface area contributed by atoms with E-state index in [1.54, 1.807) is 14.7 Å². The lowest BCUT2D eigenvalue weighted by Crippen LogP contribution is -2.56. The molecule has 3 amide bonds. The highest BCUT2D eigenvalue weighted by Crippen LogP contribution is 2.44. The lowest BCUT2D eigenvalue weighted by atomic mass is 9.92. The summed E-state index contributed by atoms with van der Waals surface area (Å²) >= 11 is 0. The van der Waals surface area contributed by atoms with E-state index in [1.807, 2.05) is 0 Å². The first kappa shape index (κ1) is 87.5. The maximum atomic E-state index is 12.5. The van der Waals surface area contributed by atoms with E-state index >= 15 is 0 Å². The minimum atomic E-state index is -0.250. The van der Waals surface area contributed by atoms with E-state index in [0.717, 1.165) is 90.1 Å². The number of ether oxygens (including phenoxy) is 6. The van der Waals surface area contributed by atoms with Crippen molar-refractivity contribution in [3.8, 4) is 18.0 Å². The molecule has 0 spiro atoms. The van der Waals surface area contributed by atoms with Crippen LogP contribution < -0.4 is 28.9 Å². The molecule has 27 nitrogen and oxygen atoms in total. The molecule has 9 aromatic rings. The number of hydrogen-bond donors (Lipinski definition) is 0. The summed E-state index contributed by atoms with van der Waals surface area (Å²) in [5, 5.41) is 7.30. The summed E-state index contributed by atoms with van der Waals surface area (Å²) in [7, 11) is 6.40. The van der Waals surface area contributed by atoms with Gasteiger partial charge < -0.3 is 87.1 Å². The van der Waals surface area contributed by atoms with Crippen LogP contribution in [0.3, 0.4) is 0 Å². The summed E-state index contributed by atoms with van der Waals surface area (Å²) in [5.74, 6) is 1.91. The number of likely N-dealkylation sites (tertiary alicyclic amines) is 3. The molecule has 9 aliphatic rings. The summed E-state index contributed by atoms with van der Waals surface area (Å²) < 4.78 is 38.5. The lowest BCUT2D eigenvalue weighted by Gasteiger charge is -2.40. The highest BCUT2D eigenvalue weighted by Gasteiger charge is 2.41. The minimum absolute atomic E-state index is 0.143. The molecule has 3 aromatic heterocycles. The predicted octanol–water partition coefficient (Wildman–Crippen LogP) is 13.0. The molecule has 6 saturated heterocycles. The molecule has 126 heavy (non-hydrogen) atoms. The predicted molar refractivity (Wildman–Crippen MR) is 487 cm³/mol. The topological polar surface area (TPSA) is 226 Å². The molecule has 0 saturated carbocycles. The largest absolute Gasteiger partial charge is 0.462 e. The van der Waals surface area contributed by atoms with Crippen molar-refractivity contribution in [3.05, 3.63) is 249 Å². The normalized spacial score (nSPS) is 22.5. The van der Waals surface area contributed by atoms with E-state index in [1.165, 1.54) is 103 Å². The van der Waals surface area contributed by atoms with Gasteiger partial charge >= 0.3 is 18.0 Å². The van der Waals surface area contributed by atoms with E-state index in [0.29, 0.717) is 154 Å². The molecule has 654 valence electrons. The fourth-order valence-corrected chi connectivity index (χ4v) is 20.0. The maximum Gasteiger partial charge on any atom is 0.318 e. The molecule has 6 aromatic carbocycles. The Kier molecular flexibility index (Phi) is 27.5. The minimum Gasteiger partial charge on any atom is -0.462 e. The average molecular weight is 1700 g/mol. The highest BCUT2D eigenvalue weighted by molar-refractivity contribution is 5.92. The molecule has 9 aliphatic heterocycles. The van der Waals surface area contributed by atoms with Gasteiger partial charge in [0.25, 0.3) is 0 Å². The summed E-state index contributed by atoms with van der Waals surface area (Å²) in [4.78, 5) is 96.9. The number of anilines is 3. The fourth-order valence-electron chi connectivity index (χ4n) is 20.0. The van der Waals surface area contributed by atoms with Crippen LogP contribution in [0.5, 0.6) is 18.0 Å². The molecule has 18 rings (SSSR count). The van der Waals surface area contributed by atoms with Crippen molar-refractivity contribution in [1.29, 1.82) is 0 Å². The van der Waals surface area contributed by atoms with Gasteiger partial charge in [0.1, 0.15) is 55.4 Å². The molecule has 6 fully saturated rings. The van der Waals surface area contributed by atoms with Crippen LogP contribution in [0.25, 0.3) is 46.9 Å². The van der Waals surface area contributed by atoms with E-state index in [4.69, 9.17) is 78.0 Å². The zero-order chi connectivity index (χ0) is 87.6. The van der Waals surface area contributed by atoms with Gasteiger partial charge in [-0.1, -0.05) is 129 Å². The number of aromatic nitrogens is 6. The Balaban J connectivity index is 0.000000139. The molecule has 0 radical (unpaired) electrons. The Hall–Kier alpha value is -12.0. The van der Waals surface area contributed by atoms with Gasteiger partial charge in [-0.3, -0.25) is 14.4 Å². The number of nitrogens with zero attached hydrogens (tertiary/aromatic N) is 18. The Morgan fingerprint density at radius 3 is 0.929 bits per heavy atom. The summed E-state index contributed by atoms with van der Waals surface area (Å²) in [6.45, 7) is 51.2. The zero-order valence-corrected chi connectivity index (χ0v) is 73.4. The third-order valence-electron chi connectivity index (χ3n) is 26.9. The monoisotopic (exact) mass is 1700 g/mol. The quantitative estimate of drug-likeness (QED) is 0.0481. The number of likely N-dealkylation sites (N-methyl/N-ethyl adjacent to an activating group) is 3. The Labute approximate surface area is 739 Å². The molecular formula is C99H114N18O9. The van der Waals surface area contributed by atoms with Crippen LogP contribution in [0.15, 0.2) is 147 Å². The van der Waals surface area contributed by atoms with Crippen molar-refractivity contribution in [2.24, 2.45) is 0 Å². The van der Waals surface area contributed by atoms with Crippen molar-refractivity contribution >= 4 is 67.5 Å². The van der Waals surface area contributed by atoms with Crippen LogP contribution in [0.2, 0.25) is 0 Å². The Morgan fingerprint density at radius 1 is 0.397 bits per heavy atom. The highest BCUT2D eigenvalue weighted by atomic mass is 16.5. The number of aryl methyl sites for hydroxylation is 3. The van der Waals surface area contributed by atoms with Crippen LogP contribution in [0, 0.1) is 40.5 Å². The standard InChI is InChI=1S/3C33H38N6O3/c3*1-5-30(40)39-16-15-38(19-25(39)18-34-3)32-27-21-41-29(26-13-7-11-23-10-6-9-22(2)31(23)26)17-28(27)35-33(36-32)42-20-24-12-8-14-37(24)4/h3*5-7,9-11,13,24-25,29H,1,8,12,14-21H2,2,4H3/t24-,25-,29?;24-,25-,29+;24-,25-,29-/m000/s1. The van der Waals surface area contributed by atoms with E-state index in [2.05, 4.69) is 215 Å². The van der Waals surface area contributed by atoms with Gasteiger partial charge in [0.2, 0.25) is 37.4 Å². The third kappa shape index (κ3) is 18.9. The van der Waals surface area contributed by atoms with Gasteiger partial charge in [-0.25, -0.2) is 19.7 Å². The SMILES string of the molecule is [C-]#[N+]C[C@H]1CN(c2nc(OC[C@@H]3CCCN3C)nc3c2COC(c2cccc4cccc(C)c24)C3)CCN1C(=O)C=C.[C-]#[N+]C[C@H]1CN(c2nc(OC[C@@H]3CCCN3C)nc3c2CO[C@@H](c2cccc4cccc(C)c24)C3)CCN1C(=O)C=C.[C-]#[N+]C[C@H]1CN(c2nc(OC[C@@H]3CCCN3C)nc3c2CO[C@H](c2cccc4cccc(C)c24)C3)CCN1C(=O)C=C. The van der Waals surface area contributed by atoms with Crippen LogP contribution in [0.4, 0.5) is 17.5 Å². The smallest absolute Gasteiger partial charge is 0.318 e. The second-order valence-electron chi connectivity index (χ2n) is 34.6. The van der Waals surface area contributed by atoms with Gasteiger partial charge in [-0.15, -0.1) is 0 Å². The number of amides is 3. The first-order valence-corrected chi connectivity index (χ1v) is 44.4. The molecular weight excluding hydrogens is 1590 g/mol. The molecule has 0 N–H and O–H groups in total. The van der Waals surface area contributed by atoms with Crippen LogP contribution in [0.1, 0.15) is 124 Å². The lowest BCUT2D eigenvalue weighted by molar-refractivity contribution is -0.129. The van der Waals surface area contributed by atoms with Crippen molar-refractivity contribution in [2.75, 3.05) is 154 Å². The third-order valence-corrected chi connectivity index (χ3v) is 26.9. The van der Waals surface area contributed by atoms with Crippen LogP contribution >= 0.6 is 0 Å². The molecule has 1 unspecified atom stereocenters. The summed E-state index contributed by atoms with van der Waals surface area (Å²) in [6, 6.07) is 39.7. The van der Waals surface area contributed by atoms with E-state index in [9.17, 15) is 14.4 Å². The first-order valence-electron chi connectivity index (χ1n) is 44.4. The zero-order valence-electron chi connectivity index (χ0n) is 73.4. The van der Waals surface area contributed by atoms with Gasteiger partial charge in [0, 0.05) is 113 Å². The van der Waals surface area contributed by atoms with E-state index < -0.39 is 0 Å². The van der Waals surface area contributed by atoms with Crippen molar-refractivity contribution in [2.45, 2.75) is 153 Å². The fraction of sp³-hybridized carbons (Fsp3) is 0.455. The number of carbonyl (C=O) groups is 3. The van der Waals surface area contributed by atoms with Crippen LogP contribution in [-0.4, -0.2) is 252 Å². The number of benzene rings is 6. The molecule has 9 atom stereocenters. The molecule has 0 bridgehead atoms. The Bertz CT molecular complexity index is 5130. The van der Waals surface area contributed by atoms with E-state index in [-0.39, 0.29) is 73.8 Å². The molecule has 27 heteroatoms. The molecule has 0 aliphatic carbocycles. The van der Waals surface area contributed by atoms with Gasteiger partial charge in [-0.05, 0) is 184 Å². The number of carbonyl (C=O) groups excluding carboxylic acids is 3. The van der Waals surface area contributed by atoms with Crippen molar-refractivity contribution in [3.63, 3.8) is 0 Å². The van der Waals surface area contributed by atoms with Gasteiger partial charge in [0.05, 0.1) is 55.2 Å². The number of hydrogen-bond acceptors (Lipinski definition) is 21. The summed E-state index contributed by atoms with van der Waals surface area (Å²) in [5.41, 5.74) is 12.8. The van der Waals surface area contributed by atoms with Crippen LogP contribution in [-0.2, 0) is 67.7 Å². The second kappa shape index (κ2) is 39.7. The van der Waals surface area contributed by atoms with Crippen molar-refractivity contribution < 1.29 is 42.8 Å². The summed E-state index contributed by atoms with van der Waals surface area (Å²) in [6.07, 6.45) is 12.2.